The maximum Gasteiger partial charge on any atom is 0.294 e. The summed E-state index contributed by atoms with van der Waals surface area (Å²) in [6.07, 6.45) is 58.4. The number of hydrogen-bond acceptors (Lipinski definition) is 2. The lowest BCUT2D eigenvalue weighted by Crippen LogP contribution is -2.49. The Hall–Kier alpha value is -0.910. The molecular weight excluding hydrogens is 755 g/mol. The van der Waals surface area contributed by atoms with Crippen LogP contribution in [0.25, 0.3) is 0 Å². The number of benzene rings is 1. The summed E-state index contributed by atoms with van der Waals surface area (Å²) in [6.45, 7) is 11.6. The molecule has 0 aliphatic heterocycles. The monoisotopic (exact) mass is 861 g/mol. The summed E-state index contributed by atoms with van der Waals surface area (Å²) >= 11 is 0. The number of unbranched alkanes of at least 4 members (excludes halogenated alkanes) is 39. The highest BCUT2D eigenvalue weighted by atomic mass is 32.2. The lowest BCUT2D eigenvalue weighted by Gasteiger charge is -2.39. The SMILES string of the molecule is CCCCCCCCCCCCCCCC[N+](CCCCCCCCCCCCCCCC)(CCCCCCCCCCCCCCCC)Cc1ccc(S(=O)(=O)O)cc1. The van der Waals surface area contributed by atoms with Crippen LogP contribution in [0.5, 0.6) is 0 Å². The van der Waals surface area contributed by atoms with Crippen molar-refractivity contribution in [3.63, 3.8) is 0 Å². The molecule has 1 rings (SSSR count). The van der Waals surface area contributed by atoms with Crippen LogP contribution in [0.1, 0.15) is 296 Å². The van der Waals surface area contributed by atoms with E-state index in [4.69, 9.17) is 0 Å². The fourth-order valence-corrected chi connectivity index (χ4v) is 10.1. The summed E-state index contributed by atoms with van der Waals surface area (Å²) < 4.78 is 34.5. The fraction of sp³-hybridized carbons (Fsp3) is 0.891. The Labute approximate surface area is 377 Å². The Balaban J connectivity index is 2.68. The molecule has 0 atom stereocenters. The van der Waals surface area contributed by atoms with Crippen molar-refractivity contribution < 1.29 is 17.5 Å². The molecule has 1 N–H and O–H groups in total. The van der Waals surface area contributed by atoms with E-state index in [1.807, 2.05) is 12.1 Å². The van der Waals surface area contributed by atoms with E-state index in [-0.39, 0.29) is 4.90 Å². The predicted octanol–water partition coefficient (Wildman–Crippen LogP) is 18.7. The van der Waals surface area contributed by atoms with Gasteiger partial charge in [-0.05, 0) is 50.7 Å². The molecule has 0 aromatic heterocycles. The van der Waals surface area contributed by atoms with Crippen LogP contribution in [0.2, 0.25) is 0 Å². The van der Waals surface area contributed by atoms with E-state index in [0.717, 1.165) is 11.0 Å². The zero-order valence-electron chi connectivity index (χ0n) is 41.0. The van der Waals surface area contributed by atoms with Crippen LogP contribution in [-0.4, -0.2) is 37.1 Å². The second-order valence-corrected chi connectivity index (χ2v) is 21.0. The molecule has 0 unspecified atom stereocenters. The minimum absolute atomic E-state index is 0.00951. The van der Waals surface area contributed by atoms with Gasteiger partial charge >= 0.3 is 0 Å². The Morgan fingerprint density at radius 2 is 0.533 bits per heavy atom. The van der Waals surface area contributed by atoms with Crippen LogP contribution in [0.4, 0.5) is 0 Å². The first-order chi connectivity index (χ1) is 29.4. The molecule has 60 heavy (non-hydrogen) atoms. The maximum atomic E-state index is 11.9. The Morgan fingerprint density at radius 3 is 0.733 bits per heavy atom. The summed E-state index contributed by atoms with van der Waals surface area (Å²) in [5.74, 6) is 0. The second kappa shape index (κ2) is 42.1. The molecule has 5 heteroatoms. The average Bonchev–Trinajstić information content (AvgIpc) is 3.24. The van der Waals surface area contributed by atoms with Gasteiger partial charge in [0.05, 0.1) is 24.5 Å². The van der Waals surface area contributed by atoms with Gasteiger partial charge in [-0.15, -0.1) is 0 Å². The van der Waals surface area contributed by atoms with Crippen LogP contribution in [-0.2, 0) is 16.7 Å². The molecule has 0 saturated carbocycles. The van der Waals surface area contributed by atoms with Crippen LogP contribution in [0.3, 0.4) is 0 Å². The van der Waals surface area contributed by atoms with Crippen molar-refractivity contribution in [2.75, 3.05) is 19.6 Å². The Kier molecular flexibility index (Phi) is 40.0. The van der Waals surface area contributed by atoms with Gasteiger partial charge in [0.15, 0.2) is 0 Å². The van der Waals surface area contributed by atoms with Gasteiger partial charge in [0.25, 0.3) is 10.1 Å². The van der Waals surface area contributed by atoms with Crippen LogP contribution >= 0.6 is 0 Å². The topological polar surface area (TPSA) is 54.4 Å². The van der Waals surface area contributed by atoms with Gasteiger partial charge in [-0.1, -0.05) is 264 Å². The van der Waals surface area contributed by atoms with E-state index in [9.17, 15) is 13.0 Å². The molecule has 0 heterocycles. The molecule has 0 spiro atoms. The summed E-state index contributed by atoms with van der Waals surface area (Å²) in [6, 6.07) is 7.17. The molecule has 354 valence electrons. The van der Waals surface area contributed by atoms with Crippen molar-refractivity contribution >= 4 is 10.1 Å². The Bertz CT molecular complexity index is 1040. The average molecular weight is 862 g/mol. The zero-order chi connectivity index (χ0) is 43.5. The van der Waals surface area contributed by atoms with Gasteiger partial charge in [-0.25, -0.2) is 0 Å². The Morgan fingerprint density at radius 1 is 0.333 bits per heavy atom. The first-order valence-corrected chi connectivity index (χ1v) is 28.7. The number of nitrogens with zero attached hydrogens (tertiary/aromatic N) is 1. The molecule has 1 aromatic rings. The molecule has 4 nitrogen and oxygen atoms in total. The molecule has 0 aliphatic carbocycles. The quantitative estimate of drug-likeness (QED) is 0.0403. The van der Waals surface area contributed by atoms with E-state index >= 15 is 0 Å². The highest BCUT2D eigenvalue weighted by Gasteiger charge is 2.27. The standard InChI is InChI=1S/C55H105NO3S/c1-4-7-10-13-16-19-22-25-28-31-34-37-40-43-50-56(53-54-46-48-55(49-47-54)60(57,58)59,51-44-41-38-35-32-29-26-23-20-17-14-11-8-5-2)52-45-42-39-36-33-30-27-24-21-18-15-12-9-6-3/h46-49H,4-45,50-53H2,1-3H3/p+1. The van der Waals surface area contributed by atoms with E-state index in [1.165, 1.54) is 295 Å². The first-order valence-electron chi connectivity index (χ1n) is 27.3. The molecule has 0 amide bonds. The van der Waals surface area contributed by atoms with Crippen molar-refractivity contribution in [2.24, 2.45) is 0 Å². The van der Waals surface area contributed by atoms with Gasteiger partial charge in [0.1, 0.15) is 6.54 Å². The maximum absolute atomic E-state index is 11.9. The van der Waals surface area contributed by atoms with Gasteiger partial charge < -0.3 is 4.48 Å². The lowest BCUT2D eigenvalue weighted by molar-refractivity contribution is -0.941. The molecule has 0 aliphatic rings. The zero-order valence-corrected chi connectivity index (χ0v) is 41.8. The minimum Gasteiger partial charge on any atom is -0.320 e. The van der Waals surface area contributed by atoms with E-state index in [1.54, 1.807) is 12.1 Å². The molecule has 0 radical (unpaired) electrons. The number of rotatable bonds is 48. The molecule has 0 bridgehead atoms. The largest absolute Gasteiger partial charge is 0.320 e. The lowest BCUT2D eigenvalue weighted by atomic mass is 10.0. The van der Waals surface area contributed by atoms with Gasteiger partial charge in [-0.2, -0.15) is 8.42 Å². The van der Waals surface area contributed by atoms with Crippen molar-refractivity contribution in [1.82, 2.24) is 0 Å². The molecule has 0 fully saturated rings. The van der Waals surface area contributed by atoms with Crippen LogP contribution in [0.15, 0.2) is 29.2 Å². The van der Waals surface area contributed by atoms with Gasteiger partial charge in [-0.3, -0.25) is 4.55 Å². The van der Waals surface area contributed by atoms with Crippen LogP contribution in [0, 0.1) is 0 Å². The highest BCUT2D eigenvalue weighted by Crippen LogP contribution is 2.24. The summed E-state index contributed by atoms with van der Waals surface area (Å²) in [5, 5.41) is 0. The normalized spacial score (nSPS) is 12.2. The van der Waals surface area contributed by atoms with Gasteiger partial charge in [0.2, 0.25) is 0 Å². The predicted molar refractivity (Wildman–Crippen MR) is 266 cm³/mol. The van der Waals surface area contributed by atoms with E-state index in [2.05, 4.69) is 20.8 Å². The third-order valence-electron chi connectivity index (χ3n) is 13.7. The summed E-state index contributed by atoms with van der Waals surface area (Å²) in [7, 11) is -4.18. The number of hydrogen-bond donors (Lipinski definition) is 1. The molecule has 0 saturated heterocycles. The second-order valence-electron chi connectivity index (χ2n) is 19.6. The molecule has 1 aromatic carbocycles. The summed E-state index contributed by atoms with van der Waals surface area (Å²) in [5.41, 5.74) is 1.21. The van der Waals surface area contributed by atoms with Crippen molar-refractivity contribution in [2.45, 2.75) is 302 Å². The smallest absolute Gasteiger partial charge is 0.294 e. The van der Waals surface area contributed by atoms with E-state index in [0.29, 0.717) is 0 Å². The minimum atomic E-state index is -4.18. The highest BCUT2D eigenvalue weighted by molar-refractivity contribution is 7.85. The van der Waals surface area contributed by atoms with Crippen molar-refractivity contribution in [3.8, 4) is 0 Å². The first kappa shape index (κ1) is 57.1. The third kappa shape index (κ3) is 35.5. The van der Waals surface area contributed by atoms with Crippen molar-refractivity contribution in [1.29, 1.82) is 0 Å². The number of quaternary nitrogens is 1. The molecular formula is C55H106NO3S+. The van der Waals surface area contributed by atoms with E-state index < -0.39 is 10.1 Å². The fourth-order valence-electron chi connectivity index (χ4n) is 9.65. The summed E-state index contributed by atoms with van der Waals surface area (Å²) in [4.78, 5) is 0.00951. The third-order valence-corrected chi connectivity index (χ3v) is 14.6. The van der Waals surface area contributed by atoms with Gasteiger partial charge in [0, 0.05) is 5.56 Å². The van der Waals surface area contributed by atoms with Crippen LogP contribution < -0.4 is 0 Å². The van der Waals surface area contributed by atoms with Crippen molar-refractivity contribution in [3.05, 3.63) is 29.8 Å².